The molecular weight excluding hydrogens is 270 g/mol. The van der Waals surface area contributed by atoms with Gasteiger partial charge in [0.1, 0.15) is 6.33 Å². The second-order valence-electron chi connectivity index (χ2n) is 5.39. The smallest absolute Gasteiger partial charge is 0.184 e. The topological polar surface area (TPSA) is 82.7 Å². The van der Waals surface area contributed by atoms with E-state index in [1.807, 2.05) is 42.6 Å². The third-order valence-corrected chi connectivity index (χ3v) is 2.78. The van der Waals surface area contributed by atoms with Gasteiger partial charge in [-0.15, -0.1) is 0 Å². The summed E-state index contributed by atoms with van der Waals surface area (Å²) in [6.07, 6.45) is 4.30. The first-order valence-corrected chi connectivity index (χ1v) is 6.66. The molecule has 0 aliphatic carbocycles. The lowest BCUT2D eigenvalue weighted by atomic mass is 10.3. The van der Waals surface area contributed by atoms with Gasteiger partial charge in [0, 0.05) is 20.6 Å². The Kier molecular flexibility index (Phi) is 4.81. The van der Waals surface area contributed by atoms with Crippen molar-refractivity contribution in [1.29, 1.82) is 0 Å². The van der Waals surface area contributed by atoms with Gasteiger partial charge in [-0.05, 0) is 14.1 Å². The maximum absolute atomic E-state index is 10.0. The average molecular weight is 291 g/mol. The molecule has 8 nitrogen and oxygen atoms in total. The van der Waals surface area contributed by atoms with Crippen molar-refractivity contribution in [3.63, 3.8) is 0 Å². The summed E-state index contributed by atoms with van der Waals surface area (Å²) >= 11 is 0. The van der Waals surface area contributed by atoms with Gasteiger partial charge in [-0.25, -0.2) is 19.9 Å². The van der Waals surface area contributed by atoms with Gasteiger partial charge in [0.05, 0.1) is 25.3 Å². The minimum atomic E-state index is -0.485. The monoisotopic (exact) mass is 291 g/mol. The SMILES string of the molecule is CN(C)/C=N/c1ncnc2c1ncn2CC(O)CN(C)C. The van der Waals surface area contributed by atoms with Gasteiger partial charge in [-0.1, -0.05) is 0 Å². The van der Waals surface area contributed by atoms with Gasteiger partial charge in [0.15, 0.2) is 17.0 Å². The van der Waals surface area contributed by atoms with E-state index >= 15 is 0 Å². The van der Waals surface area contributed by atoms with Crippen molar-refractivity contribution in [3.05, 3.63) is 12.7 Å². The Hall–Kier alpha value is -2.06. The summed E-state index contributed by atoms with van der Waals surface area (Å²) in [4.78, 5) is 20.7. The van der Waals surface area contributed by atoms with Gasteiger partial charge < -0.3 is 19.5 Å². The fraction of sp³-hybridized carbons (Fsp3) is 0.538. The number of fused-ring (bicyclic) bond motifs is 1. The van der Waals surface area contributed by atoms with Crippen molar-refractivity contribution in [3.8, 4) is 0 Å². The summed E-state index contributed by atoms with van der Waals surface area (Å²) < 4.78 is 1.82. The molecule has 21 heavy (non-hydrogen) atoms. The Morgan fingerprint density at radius 3 is 2.71 bits per heavy atom. The van der Waals surface area contributed by atoms with E-state index in [1.165, 1.54) is 6.33 Å². The zero-order valence-corrected chi connectivity index (χ0v) is 12.8. The maximum Gasteiger partial charge on any atom is 0.184 e. The molecule has 1 unspecified atom stereocenters. The molecular formula is C13H21N7O. The summed E-state index contributed by atoms with van der Waals surface area (Å²) in [7, 11) is 7.62. The van der Waals surface area contributed by atoms with E-state index in [9.17, 15) is 5.11 Å². The van der Waals surface area contributed by atoms with Crippen LogP contribution in [-0.2, 0) is 6.54 Å². The molecule has 2 aromatic rings. The molecule has 0 amide bonds. The first kappa shape index (κ1) is 15.3. The predicted octanol–water partition coefficient (Wildman–Crippen LogP) is -0.0298. The second kappa shape index (κ2) is 6.59. The highest BCUT2D eigenvalue weighted by atomic mass is 16.3. The largest absolute Gasteiger partial charge is 0.390 e. The van der Waals surface area contributed by atoms with Gasteiger partial charge in [-0.2, -0.15) is 0 Å². The normalized spacial score (nSPS) is 13.4. The molecule has 8 heteroatoms. The number of likely N-dealkylation sites (N-methyl/N-ethyl adjacent to an activating group) is 1. The molecule has 0 saturated heterocycles. The lowest BCUT2D eigenvalue weighted by molar-refractivity contribution is 0.120. The van der Waals surface area contributed by atoms with Crippen LogP contribution >= 0.6 is 0 Å². The zero-order chi connectivity index (χ0) is 15.4. The van der Waals surface area contributed by atoms with Crippen LogP contribution in [0.3, 0.4) is 0 Å². The van der Waals surface area contributed by atoms with Gasteiger partial charge in [0.25, 0.3) is 0 Å². The second-order valence-corrected chi connectivity index (χ2v) is 5.39. The van der Waals surface area contributed by atoms with E-state index in [4.69, 9.17) is 0 Å². The van der Waals surface area contributed by atoms with Crippen molar-refractivity contribution in [2.24, 2.45) is 4.99 Å². The van der Waals surface area contributed by atoms with Crippen LogP contribution in [0.15, 0.2) is 17.6 Å². The van der Waals surface area contributed by atoms with E-state index < -0.39 is 6.10 Å². The van der Waals surface area contributed by atoms with Crippen LogP contribution in [0.4, 0.5) is 5.82 Å². The Morgan fingerprint density at radius 2 is 2.05 bits per heavy atom. The maximum atomic E-state index is 10.0. The standard InChI is InChI=1S/C13H21N7O/c1-18(2)5-10(21)6-20-9-16-11-12(17-8-19(3)4)14-7-15-13(11)20/h7-10,21H,5-6H2,1-4H3/b17-8+. The van der Waals surface area contributed by atoms with E-state index in [2.05, 4.69) is 19.9 Å². The molecule has 2 heterocycles. The van der Waals surface area contributed by atoms with E-state index in [0.717, 1.165) is 0 Å². The summed E-state index contributed by atoms with van der Waals surface area (Å²) in [5.74, 6) is 0.523. The number of aliphatic hydroxyl groups is 1. The van der Waals surface area contributed by atoms with E-state index in [1.54, 1.807) is 12.7 Å². The molecule has 1 atom stereocenters. The summed E-state index contributed by atoms with van der Waals surface area (Å²) in [5, 5.41) is 10.0. The van der Waals surface area contributed by atoms with Gasteiger partial charge in [-0.3, -0.25) is 0 Å². The Bertz CT molecular complexity index is 620. The summed E-state index contributed by atoms with van der Waals surface area (Å²) in [6.45, 7) is 1.01. The number of aliphatic imine (C=N–C) groups is 1. The highest BCUT2D eigenvalue weighted by molar-refractivity contribution is 5.82. The fourth-order valence-electron chi connectivity index (χ4n) is 1.97. The number of aromatic nitrogens is 4. The van der Waals surface area contributed by atoms with Crippen molar-refractivity contribution in [2.45, 2.75) is 12.6 Å². The molecule has 0 saturated carbocycles. The third kappa shape index (κ3) is 3.96. The third-order valence-electron chi connectivity index (χ3n) is 2.78. The number of hydrogen-bond acceptors (Lipinski definition) is 6. The van der Waals surface area contributed by atoms with Crippen LogP contribution in [-0.4, -0.2) is 81.6 Å². The summed E-state index contributed by atoms with van der Waals surface area (Å²) in [6, 6.07) is 0. The molecule has 0 bridgehead atoms. The van der Waals surface area contributed by atoms with Crippen LogP contribution < -0.4 is 0 Å². The van der Waals surface area contributed by atoms with Crippen LogP contribution in [0.1, 0.15) is 0 Å². The van der Waals surface area contributed by atoms with E-state index in [-0.39, 0.29) is 0 Å². The Morgan fingerprint density at radius 1 is 1.29 bits per heavy atom. The molecule has 0 radical (unpaired) electrons. The van der Waals surface area contributed by atoms with Gasteiger partial charge >= 0.3 is 0 Å². The van der Waals surface area contributed by atoms with Crippen LogP contribution in [0.5, 0.6) is 0 Å². The average Bonchev–Trinajstić information content (AvgIpc) is 2.79. The molecule has 2 aromatic heterocycles. The Balaban J connectivity index is 2.26. The number of hydrogen-bond donors (Lipinski definition) is 1. The minimum absolute atomic E-state index is 0.433. The quantitative estimate of drug-likeness (QED) is 0.594. The van der Waals surface area contributed by atoms with Crippen LogP contribution in [0.25, 0.3) is 11.2 Å². The zero-order valence-electron chi connectivity index (χ0n) is 12.8. The lowest BCUT2D eigenvalue weighted by Gasteiger charge is -2.16. The van der Waals surface area contributed by atoms with E-state index in [0.29, 0.717) is 30.1 Å². The highest BCUT2D eigenvalue weighted by Gasteiger charge is 2.13. The van der Waals surface area contributed by atoms with Crippen molar-refractivity contribution >= 4 is 23.3 Å². The number of rotatable bonds is 6. The molecule has 114 valence electrons. The molecule has 0 fully saturated rings. The highest BCUT2D eigenvalue weighted by Crippen LogP contribution is 2.19. The predicted molar refractivity (Wildman–Crippen MR) is 81.7 cm³/mol. The van der Waals surface area contributed by atoms with Crippen LogP contribution in [0.2, 0.25) is 0 Å². The van der Waals surface area contributed by atoms with Crippen molar-refractivity contribution in [2.75, 3.05) is 34.7 Å². The molecule has 0 aliphatic rings. The molecule has 0 aromatic carbocycles. The molecule has 1 N–H and O–H groups in total. The number of nitrogens with zero attached hydrogens (tertiary/aromatic N) is 7. The van der Waals surface area contributed by atoms with Gasteiger partial charge in [0.2, 0.25) is 0 Å². The van der Waals surface area contributed by atoms with Crippen molar-refractivity contribution < 1.29 is 5.11 Å². The molecule has 2 rings (SSSR count). The molecule has 0 aliphatic heterocycles. The lowest BCUT2D eigenvalue weighted by Crippen LogP contribution is -2.29. The minimum Gasteiger partial charge on any atom is -0.390 e. The number of aliphatic hydroxyl groups excluding tert-OH is 1. The summed E-state index contributed by atoms with van der Waals surface area (Å²) in [5.41, 5.74) is 1.31. The van der Waals surface area contributed by atoms with Crippen LogP contribution in [0, 0.1) is 0 Å². The van der Waals surface area contributed by atoms with Crippen molar-refractivity contribution in [1.82, 2.24) is 29.3 Å². The Labute approximate surface area is 123 Å². The fourth-order valence-corrected chi connectivity index (χ4v) is 1.97. The number of imidazole rings is 1. The first-order chi connectivity index (χ1) is 9.97. The first-order valence-electron chi connectivity index (χ1n) is 6.66. The molecule has 0 spiro atoms.